The molecule has 0 spiro atoms. The predicted molar refractivity (Wildman–Crippen MR) is 59.4 cm³/mol. The lowest BCUT2D eigenvalue weighted by Gasteiger charge is -2.03. The molecule has 1 aliphatic rings. The van der Waals surface area contributed by atoms with Crippen LogP contribution in [0.5, 0.6) is 0 Å². The molecule has 2 rings (SSSR count). The molecule has 17 heavy (non-hydrogen) atoms. The summed E-state index contributed by atoms with van der Waals surface area (Å²) in [5.74, 6) is -0.897. The van der Waals surface area contributed by atoms with Gasteiger partial charge in [-0.05, 0) is 17.7 Å². The quantitative estimate of drug-likeness (QED) is 0.853. The van der Waals surface area contributed by atoms with Crippen LogP contribution in [-0.2, 0) is 9.63 Å². The average molecular weight is 230 g/mol. The van der Waals surface area contributed by atoms with Gasteiger partial charge in [-0.15, -0.1) is 0 Å². The summed E-state index contributed by atoms with van der Waals surface area (Å²) < 4.78 is 0. The molecular formula is C12H10N2O3. The van der Waals surface area contributed by atoms with Crippen molar-refractivity contribution in [2.45, 2.75) is 18.9 Å². The zero-order valence-electron chi connectivity index (χ0n) is 8.96. The maximum atomic E-state index is 10.5. The molecule has 1 aliphatic heterocycles. The molecule has 1 aromatic carbocycles. The number of carboxylic acid groups (broad SMARTS) is 1. The lowest BCUT2D eigenvalue weighted by Crippen LogP contribution is -2.13. The first-order valence-electron chi connectivity index (χ1n) is 5.14. The van der Waals surface area contributed by atoms with E-state index in [1.807, 2.05) is 6.07 Å². The molecule has 0 aromatic heterocycles. The zero-order valence-corrected chi connectivity index (χ0v) is 8.96. The van der Waals surface area contributed by atoms with Crippen LogP contribution in [-0.4, -0.2) is 22.9 Å². The number of nitriles is 1. The summed E-state index contributed by atoms with van der Waals surface area (Å²) in [6, 6.07) is 8.99. The van der Waals surface area contributed by atoms with E-state index in [1.54, 1.807) is 24.3 Å². The third-order valence-electron chi connectivity index (χ3n) is 2.48. The fraction of sp³-hybridized carbons (Fsp3) is 0.250. The van der Waals surface area contributed by atoms with E-state index in [4.69, 9.17) is 15.2 Å². The Hall–Kier alpha value is -2.35. The van der Waals surface area contributed by atoms with Gasteiger partial charge in [0.25, 0.3) is 0 Å². The van der Waals surface area contributed by atoms with Crippen LogP contribution >= 0.6 is 0 Å². The molecule has 0 saturated heterocycles. The van der Waals surface area contributed by atoms with Crippen LogP contribution in [0.3, 0.4) is 0 Å². The number of carbonyl (C=O) groups is 1. The van der Waals surface area contributed by atoms with E-state index in [0.29, 0.717) is 12.0 Å². The van der Waals surface area contributed by atoms with E-state index < -0.39 is 12.1 Å². The van der Waals surface area contributed by atoms with Crippen LogP contribution in [0.2, 0.25) is 0 Å². The van der Waals surface area contributed by atoms with Gasteiger partial charge in [-0.2, -0.15) is 5.26 Å². The summed E-state index contributed by atoms with van der Waals surface area (Å²) in [5.41, 5.74) is 2.16. The van der Waals surface area contributed by atoms with Crippen LogP contribution in [0, 0.1) is 11.3 Å². The molecule has 1 atom stereocenters. The molecule has 1 aromatic rings. The van der Waals surface area contributed by atoms with Crippen molar-refractivity contribution in [3.05, 3.63) is 35.4 Å². The van der Waals surface area contributed by atoms with Crippen molar-refractivity contribution in [2.75, 3.05) is 0 Å². The van der Waals surface area contributed by atoms with Gasteiger partial charge in [0, 0.05) is 6.42 Å². The first-order chi connectivity index (χ1) is 8.19. The lowest BCUT2D eigenvalue weighted by atomic mass is 10.0. The Labute approximate surface area is 97.9 Å². The normalized spacial score (nSPS) is 18.1. The number of hydrogen-bond donors (Lipinski definition) is 1. The SMILES string of the molecule is N#Cc1ccc(C2=NO[C@@H](CC(=O)O)C2)cc1. The number of nitrogens with zero attached hydrogens (tertiary/aromatic N) is 2. The highest BCUT2D eigenvalue weighted by Crippen LogP contribution is 2.19. The van der Waals surface area contributed by atoms with Gasteiger partial charge in [0.1, 0.15) is 6.10 Å². The maximum Gasteiger partial charge on any atom is 0.307 e. The Morgan fingerprint density at radius 3 is 2.82 bits per heavy atom. The van der Waals surface area contributed by atoms with Crippen LogP contribution in [0.25, 0.3) is 0 Å². The molecule has 5 heteroatoms. The largest absolute Gasteiger partial charge is 0.481 e. The van der Waals surface area contributed by atoms with Crippen molar-refractivity contribution in [3.8, 4) is 6.07 Å². The molecule has 0 saturated carbocycles. The van der Waals surface area contributed by atoms with Crippen molar-refractivity contribution >= 4 is 11.7 Å². The van der Waals surface area contributed by atoms with Gasteiger partial charge >= 0.3 is 5.97 Å². The van der Waals surface area contributed by atoms with Crippen molar-refractivity contribution in [3.63, 3.8) is 0 Å². The smallest absolute Gasteiger partial charge is 0.307 e. The molecule has 0 unspecified atom stereocenters. The topological polar surface area (TPSA) is 82.7 Å². The van der Waals surface area contributed by atoms with Crippen molar-refractivity contribution in [1.29, 1.82) is 5.26 Å². The van der Waals surface area contributed by atoms with Crippen molar-refractivity contribution in [1.82, 2.24) is 0 Å². The minimum absolute atomic E-state index is 0.0523. The summed E-state index contributed by atoms with van der Waals surface area (Å²) in [4.78, 5) is 15.5. The van der Waals surface area contributed by atoms with E-state index in [9.17, 15) is 4.79 Å². The van der Waals surface area contributed by atoms with Gasteiger partial charge in [-0.25, -0.2) is 0 Å². The van der Waals surface area contributed by atoms with Crippen molar-refractivity contribution in [2.24, 2.45) is 5.16 Å². The summed E-state index contributed by atoms with van der Waals surface area (Å²) in [6.45, 7) is 0. The van der Waals surface area contributed by atoms with E-state index >= 15 is 0 Å². The second-order valence-electron chi connectivity index (χ2n) is 3.76. The van der Waals surface area contributed by atoms with Crippen molar-refractivity contribution < 1.29 is 14.7 Å². The molecule has 86 valence electrons. The van der Waals surface area contributed by atoms with E-state index in [-0.39, 0.29) is 6.42 Å². The molecule has 0 amide bonds. The van der Waals surface area contributed by atoms with Crippen LogP contribution in [0.15, 0.2) is 29.4 Å². The second kappa shape index (κ2) is 4.66. The van der Waals surface area contributed by atoms with Gasteiger partial charge in [-0.1, -0.05) is 17.3 Å². The van der Waals surface area contributed by atoms with Gasteiger partial charge in [0.2, 0.25) is 0 Å². The van der Waals surface area contributed by atoms with E-state index in [1.165, 1.54) is 0 Å². The number of oxime groups is 1. The highest BCUT2D eigenvalue weighted by atomic mass is 16.6. The van der Waals surface area contributed by atoms with Gasteiger partial charge in [-0.3, -0.25) is 4.79 Å². The number of benzene rings is 1. The highest BCUT2D eigenvalue weighted by molar-refractivity contribution is 6.01. The molecular weight excluding hydrogens is 220 g/mol. The summed E-state index contributed by atoms with van der Waals surface area (Å²) in [7, 11) is 0. The lowest BCUT2D eigenvalue weighted by molar-refractivity contribution is -0.139. The molecule has 1 N–H and O–H groups in total. The second-order valence-corrected chi connectivity index (χ2v) is 3.76. The number of rotatable bonds is 3. The third-order valence-corrected chi connectivity index (χ3v) is 2.48. The zero-order chi connectivity index (χ0) is 12.3. The standard InChI is InChI=1S/C12H10N2O3/c13-7-8-1-3-9(4-2-8)11-5-10(17-14-11)6-12(15)16/h1-4,10H,5-6H2,(H,15,16)/t10-/m1/s1. The van der Waals surface area contributed by atoms with Gasteiger partial charge in [0.05, 0.1) is 23.8 Å². The Morgan fingerprint density at radius 1 is 1.53 bits per heavy atom. The molecule has 0 aliphatic carbocycles. The minimum Gasteiger partial charge on any atom is -0.481 e. The van der Waals surface area contributed by atoms with E-state index in [0.717, 1.165) is 11.3 Å². The highest BCUT2D eigenvalue weighted by Gasteiger charge is 2.24. The van der Waals surface area contributed by atoms with E-state index in [2.05, 4.69) is 5.16 Å². The maximum absolute atomic E-state index is 10.5. The molecule has 5 nitrogen and oxygen atoms in total. The number of aliphatic carboxylic acids is 1. The minimum atomic E-state index is -0.897. The third kappa shape index (κ3) is 2.61. The Morgan fingerprint density at radius 2 is 2.24 bits per heavy atom. The molecule has 0 bridgehead atoms. The summed E-state index contributed by atoms with van der Waals surface area (Å²) in [5, 5.41) is 21.2. The number of hydrogen-bond acceptors (Lipinski definition) is 4. The monoisotopic (exact) mass is 230 g/mol. The Kier molecular flexibility index (Phi) is 3.06. The summed E-state index contributed by atoms with van der Waals surface area (Å²) >= 11 is 0. The van der Waals surface area contributed by atoms with Gasteiger partial charge < -0.3 is 9.94 Å². The van der Waals surface area contributed by atoms with Crippen LogP contribution in [0.1, 0.15) is 24.0 Å². The average Bonchev–Trinajstić information content (AvgIpc) is 2.77. The van der Waals surface area contributed by atoms with Gasteiger partial charge in [0.15, 0.2) is 0 Å². The van der Waals surface area contributed by atoms with Crippen LogP contribution in [0.4, 0.5) is 0 Å². The Bertz CT molecular complexity index is 499. The molecule has 0 radical (unpaired) electrons. The first kappa shape index (κ1) is 11.1. The fourth-order valence-electron chi connectivity index (χ4n) is 1.64. The molecule has 1 heterocycles. The fourth-order valence-corrected chi connectivity index (χ4v) is 1.64. The summed E-state index contributed by atoms with van der Waals surface area (Å²) in [6.07, 6.45) is 0.0414. The van der Waals surface area contributed by atoms with Crippen LogP contribution < -0.4 is 0 Å². The first-order valence-corrected chi connectivity index (χ1v) is 5.14. The Balaban J connectivity index is 2.05. The predicted octanol–water partition coefficient (Wildman–Crippen LogP) is 1.53. The number of carboxylic acids is 1. The molecule has 0 fully saturated rings.